The van der Waals surface area contributed by atoms with Crippen LogP contribution in [0.5, 0.6) is 0 Å². The molecule has 0 aliphatic rings. The highest BCUT2D eigenvalue weighted by Gasteiger charge is 2.26. The van der Waals surface area contributed by atoms with Gasteiger partial charge in [0.2, 0.25) is 5.91 Å². The van der Waals surface area contributed by atoms with Crippen molar-refractivity contribution >= 4 is 40.3 Å². The first kappa shape index (κ1) is 19.3. The summed E-state index contributed by atoms with van der Waals surface area (Å²) in [5.74, 6) is -2.18. The van der Waals surface area contributed by atoms with E-state index >= 15 is 0 Å². The lowest BCUT2D eigenvalue weighted by Crippen LogP contribution is -2.11. The molecule has 0 bridgehead atoms. The van der Waals surface area contributed by atoms with E-state index in [4.69, 9.17) is 4.74 Å². The summed E-state index contributed by atoms with van der Waals surface area (Å²) in [6, 6.07) is 5.59. The van der Waals surface area contributed by atoms with E-state index in [9.17, 15) is 18.8 Å². The summed E-state index contributed by atoms with van der Waals surface area (Å²) in [5, 5.41) is 2.74. The van der Waals surface area contributed by atoms with Crippen LogP contribution < -0.4 is 5.32 Å². The molecule has 2 aromatic rings. The Labute approximate surface area is 153 Å². The van der Waals surface area contributed by atoms with E-state index in [2.05, 4.69) is 10.1 Å². The quantitative estimate of drug-likeness (QED) is 0.638. The van der Waals surface area contributed by atoms with Crippen molar-refractivity contribution in [3.63, 3.8) is 0 Å². The third-order valence-corrected chi connectivity index (χ3v) is 4.63. The molecule has 0 radical (unpaired) electrons. The Kier molecular flexibility index (Phi) is 6.24. The first-order chi connectivity index (χ1) is 12.4. The molecule has 2 rings (SSSR count). The standard InChI is InChI=1S/C18H16FNO5S/c1-10-14(17(22)24-2)16(26-15(10)18(23)25-3)20-13(21)9-6-11-4-7-12(19)8-5-11/h4-9H,1-3H3,(H,20,21)/b9-6-. The average Bonchev–Trinajstić information content (AvgIpc) is 2.96. The van der Waals surface area contributed by atoms with Gasteiger partial charge in [-0.3, -0.25) is 4.79 Å². The first-order valence-electron chi connectivity index (χ1n) is 7.42. The van der Waals surface area contributed by atoms with E-state index in [1.165, 1.54) is 50.6 Å². The number of ether oxygens (including phenoxy) is 2. The van der Waals surface area contributed by atoms with Gasteiger partial charge in [0.05, 0.1) is 19.8 Å². The molecule has 0 saturated carbocycles. The molecular weight excluding hydrogens is 361 g/mol. The summed E-state index contributed by atoms with van der Waals surface area (Å²) in [6.45, 7) is 1.57. The van der Waals surface area contributed by atoms with E-state index < -0.39 is 17.8 Å². The van der Waals surface area contributed by atoms with Crippen molar-refractivity contribution in [3.8, 4) is 0 Å². The minimum Gasteiger partial charge on any atom is -0.465 e. The van der Waals surface area contributed by atoms with Gasteiger partial charge in [-0.05, 0) is 36.3 Å². The highest BCUT2D eigenvalue weighted by atomic mass is 32.1. The third kappa shape index (κ3) is 4.34. The zero-order valence-electron chi connectivity index (χ0n) is 14.3. The Balaban J connectivity index is 2.26. The second-order valence-electron chi connectivity index (χ2n) is 5.12. The highest BCUT2D eigenvalue weighted by molar-refractivity contribution is 7.18. The van der Waals surface area contributed by atoms with Gasteiger partial charge in [-0.25, -0.2) is 14.0 Å². The maximum absolute atomic E-state index is 12.9. The van der Waals surface area contributed by atoms with E-state index in [-0.39, 0.29) is 21.3 Å². The van der Waals surface area contributed by atoms with Gasteiger partial charge in [-0.2, -0.15) is 0 Å². The van der Waals surface area contributed by atoms with E-state index in [0.717, 1.165) is 11.3 Å². The number of thiophene rings is 1. The summed E-state index contributed by atoms with van der Waals surface area (Å²) in [6.07, 6.45) is 2.73. The molecule has 1 amide bonds. The van der Waals surface area contributed by atoms with Crippen LogP contribution in [0.15, 0.2) is 30.3 Å². The van der Waals surface area contributed by atoms with Gasteiger partial charge < -0.3 is 14.8 Å². The monoisotopic (exact) mass is 377 g/mol. The van der Waals surface area contributed by atoms with Gasteiger partial charge in [0, 0.05) is 6.08 Å². The van der Waals surface area contributed by atoms with Crippen LogP contribution in [0.3, 0.4) is 0 Å². The van der Waals surface area contributed by atoms with Crippen molar-refractivity contribution in [1.29, 1.82) is 0 Å². The molecule has 0 spiro atoms. The molecule has 6 nitrogen and oxygen atoms in total. The summed E-state index contributed by atoms with van der Waals surface area (Å²) in [4.78, 5) is 36.2. The van der Waals surface area contributed by atoms with Crippen LogP contribution in [-0.4, -0.2) is 32.1 Å². The Bertz CT molecular complexity index is 870. The normalized spacial score (nSPS) is 10.6. The fraction of sp³-hybridized carbons (Fsp3) is 0.167. The molecule has 1 N–H and O–H groups in total. The zero-order chi connectivity index (χ0) is 19.3. The van der Waals surface area contributed by atoms with Crippen LogP contribution in [0.2, 0.25) is 0 Å². The topological polar surface area (TPSA) is 81.7 Å². The van der Waals surface area contributed by atoms with Crippen molar-refractivity contribution in [2.24, 2.45) is 0 Å². The van der Waals surface area contributed by atoms with Gasteiger partial charge in [0.1, 0.15) is 15.7 Å². The number of esters is 2. The second-order valence-corrected chi connectivity index (χ2v) is 6.14. The molecule has 0 atom stereocenters. The van der Waals surface area contributed by atoms with Crippen molar-refractivity contribution < 1.29 is 28.2 Å². The summed E-state index contributed by atoms with van der Waals surface area (Å²) < 4.78 is 22.3. The van der Waals surface area contributed by atoms with Crippen molar-refractivity contribution in [3.05, 3.63) is 57.7 Å². The number of carbonyl (C=O) groups excluding carboxylic acids is 3. The van der Waals surface area contributed by atoms with Gasteiger partial charge in [-0.1, -0.05) is 12.1 Å². The number of nitrogens with one attached hydrogen (secondary N) is 1. The van der Waals surface area contributed by atoms with Gasteiger partial charge in [-0.15, -0.1) is 11.3 Å². The number of hydrogen-bond donors (Lipinski definition) is 1. The van der Waals surface area contributed by atoms with Crippen LogP contribution in [0.25, 0.3) is 6.08 Å². The van der Waals surface area contributed by atoms with Crippen molar-refractivity contribution in [2.75, 3.05) is 19.5 Å². The molecule has 0 unspecified atom stereocenters. The Morgan fingerprint density at radius 2 is 1.69 bits per heavy atom. The molecule has 26 heavy (non-hydrogen) atoms. The fourth-order valence-corrected chi connectivity index (χ4v) is 3.25. The Hall–Kier alpha value is -3.00. The molecule has 0 aliphatic carbocycles. The van der Waals surface area contributed by atoms with E-state index in [1.807, 2.05) is 0 Å². The van der Waals surface area contributed by atoms with Gasteiger partial charge in [0.25, 0.3) is 0 Å². The maximum atomic E-state index is 12.9. The van der Waals surface area contributed by atoms with Crippen LogP contribution in [-0.2, 0) is 14.3 Å². The van der Waals surface area contributed by atoms with E-state index in [0.29, 0.717) is 11.1 Å². The SMILES string of the molecule is COC(=O)c1sc(NC(=O)/C=C\c2ccc(F)cc2)c(C(=O)OC)c1C. The number of hydrogen-bond acceptors (Lipinski definition) is 6. The number of carbonyl (C=O) groups is 3. The van der Waals surface area contributed by atoms with Gasteiger partial charge >= 0.3 is 11.9 Å². The van der Waals surface area contributed by atoms with Crippen LogP contribution in [0.4, 0.5) is 9.39 Å². The summed E-state index contributed by atoms with van der Waals surface area (Å²) in [7, 11) is 2.43. The molecule has 1 aromatic carbocycles. The molecule has 1 heterocycles. The maximum Gasteiger partial charge on any atom is 0.348 e. The van der Waals surface area contributed by atoms with Crippen LogP contribution >= 0.6 is 11.3 Å². The zero-order valence-corrected chi connectivity index (χ0v) is 15.1. The number of anilines is 1. The van der Waals surface area contributed by atoms with Gasteiger partial charge in [0.15, 0.2) is 0 Å². The summed E-state index contributed by atoms with van der Waals surface area (Å²) >= 11 is 0.924. The Morgan fingerprint density at radius 3 is 2.27 bits per heavy atom. The second kappa shape index (κ2) is 8.39. The molecule has 0 fully saturated rings. The van der Waals surface area contributed by atoms with Crippen LogP contribution in [0, 0.1) is 12.7 Å². The van der Waals surface area contributed by atoms with Crippen molar-refractivity contribution in [1.82, 2.24) is 0 Å². The smallest absolute Gasteiger partial charge is 0.348 e. The number of rotatable bonds is 5. The number of amides is 1. The molecule has 0 aliphatic heterocycles. The molecule has 136 valence electrons. The Morgan fingerprint density at radius 1 is 1.08 bits per heavy atom. The van der Waals surface area contributed by atoms with Crippen molar-refractivity contribution in [2.45, 2.75) is 6.92 Å². The largest absolute Gasteiger partial charge is 0.465 e. The lowest BCUT2D eigenvalue weighted by atomic mass is 10.1. The number of methoxy groups -OCH3 is 2. The fourth-order valence-electron chi connectivity index (χ4n) is 2.14. The minimum absolute atomic E-state index is 0.0985. The third-order valence-electron chi connectivity index (χ3n) is 3.44. The van der Waals surface area contributed by atoms with E-state index in [1.54, 1.807) is 6.92 Å². The predicted molar refractivity (Wildman–Crippen MR) is 95.8 cm³/mol. The molecule has 0 saturated heterocycles. The lowest BCUT2D eigenvalue weighted by Gasteiger charge is -2.04. The average molecular weight is 377 g/mol. The molecule has 8 heteroatoms. The summed E-state index contributed by atoms with van der Waals surface area (Å²) in [5.41, 5.74) is 1.10. The van der Waals surface area contributed by atoms with Crippen LogP contribution in [0.1, 0.15) is 31.2 Å². The predicted octanol–water partition coefficient (Wildman–Crippen LogP) is 3.42. The number of benzene rings is 1. The lowest BCUT2D eigenvalue weighted by molar-refractivity contribution is -0.111. The minimum atomic E-state index is -0.674. The molecule has 1 aromatic heterocycles. The first-order valence-corrected chi connectivity index (χ1v) is 8.23. The molecular formula is C18H16FNO5S. The number of halogens is 1. The highest BCUT2D eigenvalue weighted by Crippen LogP contribution is 2.34.